The normalized spacial score (nSPS) is 12.1. The summed E-state index contributed by atoms with van der Waals surface area (Å²) in [5.74, 6) is 0. The van der Waals surface area contributed by atoms with E-state index in [1.807, 2.05) is 12.3 Å². The predicted octanol–water partition coefficient (Wildman–Crippen LogP) is 2.85. The van der Waals surface area contributed by atoms with Gasteiger partial charge in [0.05, 0.1) is 0 Å². The fourth-order valence-corrected chi connectivity index (χ4v) is 2.77. The van der Waals surface area contributed by atoms with Crippen LogP contribution in [0.5, 0.6) is 0 Å². The molecule has 0 atom stereocenters. The maximum Gasteiger partial charge on any atom is 0.0416 e. The maximum absolute atomic E-state index is 6.07. The molecular formula is C16H29N3. The molecule has 19 heavy (non-hydrogen) atoms. The Labute approximate surface area is 118 Å². The predicted molar refractivity (Wildman–Crippen MR) is 82.2 cm³/mol. The van der Waals surface area contributed by atoms with E-state index >= 15 is 0 Å². The molecule has 108 valence electrons. The summed E-state index contributed by atoms with van der Waals surface area (Å²) in [7, 11) is 0. The van der Waals surface area contributed by atoms with Gasteiger partial charge in [-0.25, -0.2) is 0 Å². The first-order valence-corrected chi connectivity index (χ1v) is 7.57. The number of rotatable bonds is 9. The summed E-state index contributed by atoms with van der Waals surface area (Å²) in [5, 5.41) is 0. The van der Waals surface area contributed by atoms with Crippen LogP contribution in [-0.2, 0) is 6.42 Å². The molecule has 0 aromatic carbocycles. The van der Waals surface area contributed by atoms with Gasteiger partial charge in [0.25, 0.3) is 0 Å². The summed E-state index contributed by atoms with van der Waals surface area (Å²) < 4.78 is 0. The number of hydrogen-bond donors (Lipinski definition) is 1. The summed E-state index contributed by atoms with van der Waals surface area (Å²) >= 11 is 0. The summed E-state index contributed by atoms with van der Waals surface area (Å²) in [4.78, 5) is 6.98. The third-order valence-corrected chi connectivity index (χ3v) is 4.22. The molecule has 0 unspecified atom stereocenters. The van der Waals surface area contributed by atoms with Crippen LogP contribution in [0.1, 0.15) is 45.7 Å². The van der Waals surface area contributed by atoms with E-state index in [-0.39, 0.29) is 5.54 Å². The lowest BCUT2D eigenvalue weighted by molar-refractivity contribution is 0.0856. The van der Waals surface area contributed by atoms with Crippen molar-refractivity contribution in [2.75, 3.05) is 19.6 Å². The molecule has 1 aromatic rings. The molecule has 0 fully saturated rings. The van der Waals surface area contributed by atoms with Crippen LogP contribution in [0.25, 0.3) is 0 Å². The van der Waals surface area contributed by atoms with Gasteiger partial charge in [-0.15, -0.1) is 0 Å². The first-order valence-electron chi connectivity index (χ1n) is 7.57. The number of aromatic nitrogens is 1. The van der Waals surface area contributed by atoms with Crippen LogP contribution in [0.4, 0.5) is 0 Å². The van der Waals surface area contributed by atoms with Crippen LogP contribution in [0.15, 0.2) is 24.4 Å². The standard InChI is InChI=1S/C16H29N3/c1-4-12-19(16(5-2,6-3)14-17)13-10-15-9-7-8-11-18-15/h7-9,11H,4-6,10,12-14,17H2,1-3H3. The Morgan fingerprint density at radius 1 is 1.16 bits per heavy atom. The fraction of sp³-hybridized carbons (Fsp3) is 0.688. The van der Waals surface area contributed by atoms with Crippen molar-refractivity contribution in [3.63, 3.8) is 0 Å². The van der Waals surface area contributed by atoms with Gasteiger partial charge < -0.3 is 5.73 Å². The molecule has 0 bridgehead atoms. The van der Waals surface area contributed by atoms with Crippen LogP contribution in [-0.4, -0.2) is 35.1 Å². The summed E-state index contributed by atoms with van der Waals surface area (Å²) in [5.41, 5.74) is 7.40. The van der Waals surface area contributed by atoms with E-state index < -0.39 is 0 Å². The molecular weight excluding hydrogens is 234 g/mol. The molecule has 0 aliphatic heterocycles. The first kappa shape index (κ1) is 16.1. The molecule has 0 spiro atoms. The Bertz CT molecular complexity index is 325. The highest BCUT2D eigenvalue weighted by atomic mass is 15.2. The number of hydrogen-bond acceptors (Lipinski definition) is 3. The van der Waals surface area contributed by atoms with Crippen molar-refractivity contribution in [1.29, 1.82) is 0 Å². The lowest BCUT2D eigenvalue weighted by Crippen LogP contribution is -2.54. The molecule has 0 saturated carbocycles. The van der Waals surface area contributed by atoms with Crippen molar-refractivity contribution in [2.24, 2.45) is 5.73 Å². The summed E-state index contributed by atoms with van der Waals surface area (Å²) in [6, 6.07) is 6.13. The lowest BCUT2D eigenvalue weighted by atomic mass is 9.90. The average molecular weight is 263 g/mol. The Morgan fingerprint density at radius 2 is 1.89 bits per heavy atom. The lowest BCUT2D eigenvalue weighted by Gasteiger charge is -2.42. The van der Waals surface area contributed by atoms with Crippen molar-refractivity contribution in [2.45, 2.75) is 52.0 Å². The fourth-order valence-electron chi connectivity index (χ4n) is 2.77. The van der Waals surface area contributed by atoms with E-state index in [1.54, 1.807) is 0 Å². The third kappa shape index (κ3) is 4.29. The van der Waals surface area contributed by atoms with Gasteiger partial charge in [-0.05, 0) is 37.9 Å². The van der Waals surface area contributed by atoms with Gasteiger partial charge in [-0.2, -0.15) is 0 Å². The van der Waals surface area contributed by atoms with Crippen molar-refractivity contribution < 1.29 is 0 Å². The van der Waals surface area contributed by atoms with Gasteiger partial charge in [0.2, 0.25) is 0 Å². The largest absolute Gasteiger partial charge is 0.329 e. The Morgan fingerprint density at radius 3 is 2.37 bits per heavy atom. The number of nitrogens with two attached hydrogens (primary N) is 1. The molecule has 0 amide bonds. The molecule has 1 heterocycles. The minimum atomic E-state index is 0.158. The van der Waals surface area contributed by atoms with Gasteiger partial charge in [-0.1, -0.05) is 26.8 Å². The van der Waals surface area contributed by atoms with Crippen molar-refractivity contribution in [3.8, 4) is 0 Å². The summed E-state index contributed by atoms with van der Waals surface area (Å²) in [6.07, 6.45) is 6.27. The van der Waals surface area contributed by atoms with Crippen LogP contribution in [0.3, 0.4) is 0 Å². The average Bonchev–Trinajstić information content (AvgIpc) is 2.48. The highest BCUT2D eigenvalue weighted by Crippen LogP contribution is 2.23. The van der Waals surface area contributed by atoms with E-state index in [0.717, 1.165) is 38.9 Å². The molecule has 0 aliphatic carbocycles. The monoisotopic (exact) mass is 263 g/mol. The zero-order chi connectivity index (χ0) is 14.1. The van der Waals surface area contributed by atoms with Crippen LogP contribution >= 0.6 is 0 Å². The second-order valence-electron chi connectivity index (χ2n) is 5.19. The maximum atomic E-state index is 6.07. The van der Waals surface area contributed by atoms with E-state index in [0.29, 0.717) is 0 Å². The molecule has 0 aliphatic rings. The third-order valence-electron chi connectivity index (χ3n) is 4.22. The zero-order valence-electron chi connectivity index (χ0n) is 12.7. The quantitative estimate of drug-likeness (QED) is 0.745. The van der Waals surface area contributed by atoms with E-state index in [9.17, 15) is 0 Å². The van der Waals surface area contributed by atoms with Crippen molar-refractivity contribution in [1.82, 2.24) is 9.88 Å². The molecule has 1 aromatic heterocycles. The smallest absolute Gasteiger partial charge is 0.0416 e. The molecule has 3 nitrogen and oxygen atoms in total. The molecule has 3 heteroatoms. The minimum absolute atomic E-state index is 0.158. The molecule has 0 radical (unpaired) electrons. The van der Waals surface area contributed by atoms with Gasteiger partial charge in [-0.3, -0.25) is 9.88 Å². The SMILES string of the molecule is CCCN(CCc1ccccn1)C(CC)(CC)CN. The second kappa shape index (κ2) is 8.28. The number of nitrogens with zero attached hydrogens (tertiary/aromatic N) is 2. The highest BCUT2D eigenvalue weighted by Gasteiger charge is 2.31. The molecule has 0 saturated heterocycles. The Hall–Kier alpha value is -0.930. The van der Waals surface area contributed by atoms with Crippen molar-refractivity contribution in [3.05, 3.63) is 30.1 Å². The minimum Gasteiger partial charge on any atom is -0.329 e. The second-order valence-corrected chi connectivity index (χ2v) is 5.19. The first-order chi connectivity index (χ1) is 9.22. The van der Waals surface area contributed by atoms with E-state index in [4.69, 9.17) is 5.73 Å². The van der Waals surface area contributed by atoms with Gasteiger partial charge in [0.15, 0.2) is 0 Å². The van der Waals surface area contributed by atoms with Crippen LogP contribution in [0.2, 0.25) is 0 Å². The van der Waals surface area contributed by atoms with E-state index in [2.05, 4.69) is 42.8 Å². The van der Waals surface area contributed by atoms with Crippen LogP contribution in [0, 0.1) is 0 Å². The van der Waals surface area contributed by atoms with Crippen molar-refractivity contribution >= 4 is 0 Å². The van der Waals surface area contributed by atoms with Crippen LogP contribution < -0.4 is 5.73 Å². The highest BCUT2D eigenvalue weighted by molar-refractivity contribution is 5.04. The van der Waals surface area contributed by atoms with Gasteiger partial charge in [0.1, 0.15) is 0 Å². The molecule has 1 rings (SSSR count). The van der Waals surface area contributed by atoms with E-state index in [1.165, 1.54) is 12.1 Å². The Balaban J connectivity index is 2.71. The molecule has 2 N–H and O–H groups in total. The Kier molecular flexibility index (Phi) is 7.03. The number of pyridine rings is 1. The van der Waals surface area contributed by atoms with Gasteiger partial charge >= 0.3 is 0 Å². The summed E-state index contributed by atoms with van der Waals surface area (Å²) in [6.45, 7) is 9.64. The van der Waals surface area contributed by atoms with Gasteiger partial charge in [0, 0.05) is 36.9 Å². The topological polar surface area (TPSA) is 42.2 Å². The zero-order valence-corrected chi connectivity index (χ0v) is 12.7.